The van der Waals surface area contributed by atoms with Crippen molar-refractivity contribution in [2.45, 2.75) is 18.9 Å². The molecule has 32 heavy (non-hydrogen) atoms. The molecule has 0 aliphatic rings. The molecule has 1 atom stereocenters. The van der Waals surface area contributed by atoms with Crippen LogP contribution in [0.3, 0.4) is 0 Å². The molecular formula is C24H18Cl3NO4. The Balaban J connectivity index is 1.65. The smallest absolute Gasteiger partial charge is 0.307 e. The van der Waals surface area contributed by atoms with E-state index < -0.39 is 18.0 Å². The Labute approximate surface area is 200 Å². The van der Waals surface area contributed by atoms with E-state index in [9.17, 15) is 14.4 Å². The molecule has 0 saturated heterocycles. The normalized spacial score (nSPS) is 11.5. The fourth-order valence-corrected chi connectivity index (χ4v) is 3.29. The van der Waals surface area contributed by atoms with Gasteiger partial charge >= 0.3 is 5.97 Å². The number of Topliss-reactive ketones (excluding diaryl/α,β-unsaturated/α-hetero) is 1. The van der Waals surface area contributed by atoms with Crippen LogP contribution in [-0.4, -0.2) is 17.7 Å². The van der Waals surface area contributed by atoms with E-state index in [2.05, 4.69) is 5.32 Å². The number of carbonyl (C=O) groups is 3. The van der Waals surface area contributed by atoms with Gasteiger partial charge in [0, 0.05) is 28.3 Å². The van der Waals surface area contributed by atoms with E-state index in [4.69, 9.17) is 39.5 Å². The highest BCUT2D eigenvalue weighted by Crippen LogP contribution is 2.26. The molecule has 3 rings (SSSR count). The number of amides is 1. The van der Waals surface area contributed by atoms with Gasteiger partial charge in [-0.25, -0.2) is 0 Å². The van der Waals surface area contributed by atoms with Gasteiger partial charge in [-0.3, -0.25) is 14.4 Å². The van der Waals surface area contributed by atoms with Crippen molar-refractivity contribution >= 4 is 58.1 Å². The van der Waals surface area contributed by atoms with Gasteiger partial charge in [-0.05, 0) is 30.3 Å². The highest BCUT2D eigenvalue weighted by molar-refractivity contribution is 6.42. The van der Waals surface area contributed by atoms with Crippen LogP contribution >= 0.6 is 34.8 Å². The molecule has 1 amide bonds. The van der Waals surface area contributed by atoms with Crippen LogP contribution in [0.5, 0.6) is 0 Å². The molecule has 0 aromatic heterocycles. The maximum atomic E-state index is 13.0. The zero-order valence-electron chi connectivity index (χ0n) is 16.7. The van der Waals surface area contributed by atoms with Crippen LogP contribution in [0.2, 0.25) is 15.1 Å². The van der Waals surface area contributed by atoms with E-state index in [1.165, 1.54) is 6.07 Å². The predicted molar refractivity (Wildman–Crippen MR) is 125 cm³/mol. The summed E-state index contributed by atoms with van der Waals surface area (Å²) in [5.74, 6) is -1.46. The number of hydrogen-bond acceptors (Lipinski definition) is 4. The van der Waals surface area contributed by atoms with Crippen molar-refractivity contribution in [2.24, 2.45) is 0 Å². The first-order valence-corrected chi connectivity index (χ1v) is 10.8. The molecule has 0 aliphatic carbocycles. The fourth-order valence-electron chi connectivity index (χ4n) is 2.87. The third-order valence-corrected chi connectivity index (χ3v) is 5.47. The summed E-state index contributed by atoms with van der Waals surface area (Å²) in [6.45, 7) is 0. The second-order valence-electron chi connectivity index (χ2n) is 6.83. The summed E-state index contributed by atoms with van der Waals surface area (Å²) < 4.78 is 5.48. The first-order chi connectivity index (χ1) is 15.3. The van der Waals surface area contributed by atoms with Crippen molar-refractivity contribution in [2.75, 3.05) is 5.32 Å². The molecule has 0 saturated carbocycles. The van der Waals surface area contributed by atoms with Crippen LogP contribution in [0, 0.1) is 0 Å². The molecule has 3 aromatic rings. The fraction of sp³-hybridized carbons (Fsp3) is 0.125. The Morgan fingerprint density at radius 2 is 1.50 bits per heavy atom. The van der Waals surface area contributed by atoms with Gasteiger partial charge in [-0.2, -0.15) is 0 Å². The number of halogens is 3. The molecule has 164 valence electrons. The van der Waals surface area contributed by atoms with Gasteiger partial charge in [0.2, 0.25) is 11.7 Å². The lowest BCUT2D eigenvalue weighted by Crippen LogP contribution is -2.21. The molecule has 1 N–H and O–H groups in total. The Kier molecular flexibility index (Phi) is 8.28. The number of hydrogen-bond donors (Lipinski definition) is 1. The zero-order valence-corrected chi connectivity index (χ0v) is 19.0. The standard InChI is InChI=1S/C24H18Cl3NO4/c25-17-8-6-16(7-9-17)24(23(31)15-4-2-1-3-5-15)32-22(30)13-12-21(29)28-18-10-11-19(26)20(27)14-18/h1-11,14,24H,12-13H2,(H,28,29)/t24-/m1/s1. The van der Waals surface area contributed by atoms with Crippen LogP contribution < -0.4 is 5.32 Å². The Morgan fingerprint density at radius 1 is 0.812 bits per heavy atom. The molecule has 0 fully saturated rings. The van der Waals surface area contributed by atoms with Crippen molar-refractivity contribution in [3.8, 4) is 0 Å². The zero-order chi connectivity index (χ0) is 23.1. The number of ether oxygens (including phenoxy) is 1. The molecule has 0 spiro atoms. The highest BCUT2D eigenvalue weighted by atomic mass is 35.5. The van der Waals surface area contributed by atoms with Crippen LogP contribution in [0.25, 0.3) is 0 Å². The minimum atomic E-state index is -1.15. The number of ketones is 1. The van der Waals surface area contributed by atoms with Crippen LogP contribution in [0.1, 0.15) is 34.9 Å². The number of benzene rings is 3. The van der Waals surface area contributed by atoms with E-state index in [1.54, 1.807) is 66.7 Å². The number of nitrogens with one attached hydrogen (secondary N) is 1. The summed E-state index contributed by atoms with van der Waals surface area (Å²) in [6.07, 6.45) is -1.49. The van der Waals surface area contributed by atoms with Crippen LogP contribution in [0.15, 0.2) is 72.8 Å². The first-order valence-electron chi connectivity index (χ1n) is 9.62. The summed E-state index contributed by atoms with van der Waals surface area (Å²) in [6, 6.07) is 19.6. The summed E-state index contributed by atoms with van der Waals surface area (Å²) in [4.78, 5) is 37.6. The monoisotopic (exact) mass is 489 g/mol. The molecule has 0 heterocycles. The van der Waals surface area contributed by atoms with Gasteiger partial charge in [0.1, 0.15) is 0 Å². The lowest BCUT2D eigenvalue weighted by molar-refractivity contribution is -0.148. The number of esters is 1. The predicted octanol–water partition coefficient (Wildman–Crippen LogP) is 6.53. The number of anilines is 1. The molecule has 0 aliphatic heterocycles. The average molecular weight is 491 g/mol. The van der Waals surface area contributed by atoms with E-state index in [1.807, 2.05) is 0 Å². The lowest BCUT2D eigenvalue weighted by Gasteiger charge is -2.17. The van der Waals surface area contributed by atoms with E-state index in [0.717, 1.165) is 0 Å². The maximum Gasteiger partial charge on any atom is 0.307 e. The van der Waals surface area contributed by atoms with Crippen molar-refractivity contribution in [1.29, 1.82) is 0 Å². The van der Waals surface area contributed by atoms with Crippen LogP contribution in [-0.2, 0) is 14.3 Å². The van der Waals surface area contributed by atoms with Gasteiger partial charge in [-0.1, -0.05) is 77.3 Å². The second kappa shape index (κ2) is 11.1. The molecule has 3 aromatic carbocycles. The molecule has 8 heteroatoms. The summed E-state index contributed by atoms with van der Waals surface area (Å²) in [5.41, 5.74) is 1.34. The van der Waals surface area contributed by atoms with Crippen molar-refractivity contribution in [1.82, 2.24) is 0 Å². The SMILES string of the molecule is O=C(CCC(=O)O[C@@H](C(=O)c1ccccc1)c1ccc(Cl)cc1)Nc1ccc(Cl)c(Cl)c1. The van der Waals surface area contributed by atoms with Gasteiger partial charge in [-0.15, -0.1) is 0 Å². The van der Waals surface area contributed by atoms with Gasteiger partial charge in [0.15, 0.2) is 6.10 Å². The van der Waals surface area contributed by atoms with Crippen LogP contribution in [0.4, 0.5) is 5.69 Å². The molecule has 0 unspecified atom stereocenters. The summed E-state index contributed by atoms with van der Waals surface area (Å²) >= 11 is 17.7. The van der Waals surface area contributed by atoms with E-state index >= 15 is 0 Å². The lowest BCUT2D eigenvalue weighted by atomic mass is 10.00. The number of carbonyl (C=O) groups excluding carboxylic acids is 3. The summed E-state index contributed by atoms with van der Waals surface area (Å²) in [5, 5.41) is 3.79. The van der Waals surface area contributed by atoms with Gasteiger partial charge < -0.3 is 10.1 Å². The molecule has 0 radical (unpaired) electrons. The minimum Gasteiger partial charge on any atom is -0.449 e. The number of rotatable bonds is 8. The topological polar surface area (TPSA) is 72.5 Å². The van der Waals surface area contributed by atoms with E-state index in [-0.39, 0.29) is 18.6 Å². The van der Waals surface area contributed by atoms with Crippen molar-refractivity contribution in [3.63, 3.8) is 0 Å². The molecular weight excluding hydrogens is 473 g/mol. The molecule has 5 nitrogen and oxygen atoms in total. The second-order valence-corrected chi connectivity index (χ2v) is 8.08. The minimum absolute atomic E-state index is 0.133. The Hall–Kier alpha value is -2.86. The highest BCUT2D eigenvalue weighted by Gasteiger charge is 2.26. The van der Waals surface area contributed by atoms with Gasteiger partial charge in [0.05, 0.1) is 16.5 Å². The molecule has 0 bridgehead atoms. The quantitative estimate of drug-likeness (QED) is 0.288. The largest absolute Gasteiger partial charge is 0.449 e. The first kappa shape index (κ1) is 23.8. The summed E-state index contributed by atoms with van der Waals surface area (Å²) in [7, 11) is 0. The van der Waals surface area contributed by atoms with Gasteiger partial charge in [0.25, 0.3) is 0 Å². The third kappa shape index (κ3) is 6.57. The Morgan fingerprint density at radius 3 is 2.16 bits per heavy atom. The maximum absolute atomic E-state index is 13.0. The Bertz CT molecular complexity index is 1120. The van der Waals surface area contributed by atoms with Crippen molar-refractivity contribution < 1.29 is 19.1 Å². The van der Waals surface area contributed by atoms with E-state index in [0.29, 0.717) is 31.9 Å². The van der Waals surface area contributed by atoms with Crippen molar-refractivity contribution in [3.05, 3.63) is 99.0 Å². The average Bonchev–Trinajstić information content (AvgIpc) is 2.79. The third-order valence-electron chi connectivity index (χ3n) is 4.48.